The molecule has 2 N–H and O–H groups in total. The van der Waals surface area contributed by atoms with Gasteiger partial charge in [-0.25, -0.2) is 0 Å². The summed E-state index contributed by atoms with van der Waals surface area (Å²) in [5, 5.41) is 14.9. The van der Waals surface area contributed by atoms with Gasteiger partial charge >= 0.3 is 0 Å². The molecule has 1 aromatic carbocycles. The molecular formula is C17H24N4O2S2. The number of benzene rings is 1. The third-order valence-corrected chi connectivity index (χ3v) is 5.21. The monoisotopic (exact) mass is 380 g/mol. The zero-order valence-electron chi connectivity index (χ0n) is 14.9. The van der Waals surface area contributed by atoms with Crippen molar-refractivity contribution in [2.24, 2.45) is 5.92 Å². The lowest BCUT2D eigenvalue weighted by atomic mass is 10.2. The van der Waals surface area contributed by atoms with Gasteiger partial charge in [0.25, 0.3) is 0 Å². The highest BCUT2D eigenvalue weighted by atomic mass is 32.2. The number of thioether (sulfide) groups is 1. The van der Waals surface area contributed by atoms with Crippen LogP contribution in [0.4, 0.5) is 10.8 Å². The highest BCUT2D eigenvalue weighted by molar-refractivity contribution is 8.02. The molecule has 136 valence electrons. The summed E-state index contributed by atoms with van der Waals surface area (Å²) in [7, 11) is 0. The van der Waals surface area contributed by atoms with Crippen LogP contribution in [0.15, 0.2) is 28.6 Å². The fourth-order valence-electron chi connectivity index (χ4n) is 1.87. The third-order valence-electron chi connectivity index (χ3n) is 3.15. The predicted octanol–water partition coefficient (Wildman–Crippen LogP) is 4.12. The van der Waals surface area contributed by atoms with Crippen LogP contribution in [0.5, 0.6) is 5.75 Å². The van der Waals surface area contributed by atoms with Gasteiger partial charge in [0.15, 0.2) is 4.34 Å². The second-order valence-electron chi connectivity index (χ2n) is 5.85. The number of hydrogen-bond acceptors (Lipinski definition) is 7. The quantitative estimate of drug-likeness (QED) is 0.637. The van der Waals surface area contributed by atoms with E-state index in [0.717, 1.165) is 27.5 Å². The fraction of sp³-hybridized carbons (Fsp3) is 0.471. The van der Waals surface area contributed by atoms with E-state index in [1.54, 1.807) is 0 Å². The second kappa shape index (κ2) is 9.62. The molecule has 1 heterocycles. The lowest BCUT2D eigenvalue weighted by Crippen LogP contribution is -2.22. The number of carbonyl (C=O) groups excluding carboxylic acids is 1. The van der Waals surface area contributed by atoms with Crippen LogP contribution in [0.1, 0.15) is 27.7 Å². The molecule has 6 nitrogen and oxygen atoms in total. The van der Waals surface area contributed by atoms with Crippen molar-refractivity contribution in [2.45, 2.75) is 37.3 Å². The van der Waals surface area contributed by atoms with E-state index in [2.05, 4.69) is 34.7 Å². The minimum Gasteiger partial charge on any atom is -0.494 e. The van der Waals surface area contributed by atoms with Crippen LogP contribution < -0.4 is 15.4 Å². The number of carbonyl (C=O) groups is 1. The SMILES string of the molecule is CCOc1ccc(NC(=O)[C@@H](C)Sc2nnc(NCC(C)C)s2)cc1. The lowest BCUT2D eigenvalue weighted by Gasteiger charge is -2.11. The molecule has 0 bridgehead atoms. The summed E-state index contributed by atoms with van der Waals surface area (Å²) in [6.45, 7) is 9.54. The maximum absolute atomic E-state index is 12.3. The molecule has 25 heavy (non-hydrogen) atoms. The zero-order valence-corrected chi connectivity index (χ0v) is 16.5. The van der Waals surface area contributed by atoms with Gasteiger partial charge in [-0.1, -0.05) is 36.9 Å². The zero-order chi connectivity index (χ0) is 18.2. The average Bonchev–Trinajstić information content (AvgIpc) is 3.02. The Labute approximate surface area is 156 Å². The van der Waals surface area contributed by atoms with Crippen LogP contribution in [0.25, 0.3) is 0 Å². The maximum Gasteiger partial charge on any atom is 0.237 e. The Balaban J connectivity index is 1.85. The first-order chi connectivity index (χ1) is 12.0. The van der Waals surface area contributed by atoms with E-state index in [4.69, 9.17) is 4.74 Å². The van der Waals surface area contributed by atoms with Crippen molar-refractivity contribution >= 4 is 39.8 Å². The summed E-state index contributed by atoms with van der Waals surface area (Å²) >= 11 is 2.87. The molecule has 0 aliphatic carbocycles. The predicted molar refractivity (Wildman–Crippen MR) is 105 cm³/mol. The molecular weight excluding hydrogens is 356 g/mol. The molecule has 2 rings (SSSR count). The first-order valence-corrected chi connectivity index (χ1v) is 9.95. The van der Waals surface area contributed by atoms with Gasteiger partial charge < -0.3 is 15.4 Å². The van der Waals surface area contributed by atoms with Gasteiger partial charge in [-0.05, 0) is 44.0 Å². The first kappa shape index (κ1) is 19.5. The second-order valence-corrected chi connectivity index (χ2v) is 8.42. The standard InChI is InChI=1S/C17H24N4O2S2/c1-5-23-14-8-6-13(7-9-14)19-15(22)12(4)24-17-21-20-16(25-17)18-10-11(2)3/h6-9,11-12H,5,10H2,1-4H3,(H,18,20)(H,19,22)/t12-/m1/s1. The Hall–Kier alpha value is -1.80. The van der Waals surface area contributed by atoms with E-state index in [1.165, 1.54) is 23.1 Å². The number of anilines is 2. The smallest absolute Gasteiger partial charge is 0.237 e. The summed E-state index contributed by atoms with van der Waals surface area (Å²) in [5.41, 5.74) is 0.748. The molecule has 0 aliphatic heterocycles. The van der Waals surface area contributed by atoms with Crippen molar-refractivity contribution < 1.29 is 9.53 Å². The molecule has 1 atom stereocenters. The summed E-state index contributed by atoms with van der Waals surface area (Å²) in [5.74, 6) is 1.26. The minimum absolute atomic E-state index is 0.0685. The minimum atomic E-state index is -0.266. The molecule has 0 saturated heterocycles. The van der Waals surface area contributed by atoms with E-state index < -0.39 is 0 Å². The fourth-order valence-corrected chi connectivity index (χ4v) is 3.77. The van der Waals surface area contributed by atoms with Crippen LogP contribution in [0.2, 0.25) is 0 Å². The average molecular weight is 381 g/mol. The van der Waals surface area contributed by atoms with Crippen molar-refractivity contribution in [1.29, 1.82) is 0 Å². The Morgan fingerprint density at radius 3 is 2.60 bits per heavy atom. The largest absolute Gasteiger partial charge is 0.494 e. The Morgan fingerprint density at radius 2 is 1.96 bits per heavy atom. The highest BCUT2D eigenvalue weighted by Gasteiger charge is 2.17. The van der Waals surface area contributed by atoms with Gasteiger partial charge in [0.05, 0.1) is 11.9 Å². The van der Waals surface area contributed by atoms with Gasteiger partial charge in [0, 0.05) is 12.2 Å². The van der Waals surface area contributed by atoms with Gasteiger partial charge in [-0.15, -0.1) is 10.2 Å². The number of nitrogens with one attached hydrogen (secondary N) is 2. The number of nitrogens with zero attached hydrogens (tertiary/aromatic N) is 2. The van der Waals surface area contributed by atoms with Gasteiger partial charge in [-0.2, -0.15) is 0 Å². The van der Waals surface area contributed by atoms with E-state index in [1.807, 2.05) is 38.1 Å². The van der Waals surface area contributed by atoms with Crippen molar-refractivity contribution in [3.05, 3.63) is 24.3 Å². The number of hydrogen-bond donors (Lipinski definition) is 2. The molecule has 0 aliphatic rings. The van der Waals surface area contributed by atoms with E-state index >= 15 is 0 Å². The van der Waals surface area contributed by atoms with Crippen molar-refractivity contribution in [3.8, 4) is 5.75 Å². The van der Waals surface area contributed by atoms with Crippen molar-refractivity contribution in [3.63, 3.8) is 0 Å². The molecule has 0 saturated carbocycles. The normalized spacial score (nSPS) is 12.0. The topological polar surface area (TPSA) is 76.1 Å². The number of amides is 1. The molecule has 0 unspecified atom stereocenters. The Bertz CT molecular complexity index is 674. The first-order valence-electron chi connectivity index (χ1n) is 8.25. The summed E-state index contributed by atoms with van der Waals surface area (Å²) in [6, 6.07) is 7.35. The number of rotatable bonds is 9. The summed E-state index contributed by atoms with van der Waals surface area (Å²) in [6.07, 6.45) is 0. The molecule has 0 fully saturated rings. The van der Waals surface area contributed by atoms with Crippen LogP contribution in [0, 0.1) is 5.92 Å². The van der Waals surface area contributed by atoms with Crippen LogP contribution >= 0.6 is 23.1 Å². The van der Waals surface area contributed by atoms with E-state index in [9.17, 15) is 4.79 Å². The number of aromatic nitrogens is 2. The Morgan fingerprint density at radius 1 is 1.24 bits per heavy atom. The molecule has 8 heteroatoms. The molecule has 1 amide bonds. The molecule has 0 spiro atoms. The maximum atomic E-state index is 12.3. The number of ether oxygens (including phenoxy) is 1. The van der Waals surface area contributed by atoms with Crippen LogP contribution in [-0.4, -0.2) is 34.5 Å². The van der Waals surface area contributed by atoms with Crippen LogP contribution in [-0.2, 0) is 4.79 Å². The summed E-state index contributed by atoms with van der Waals surface area (Å²) < 4.78 is 6.17. The molecule has 1 aromatic heterocycles. The van der Waals surface area contributed by atoms with Gasteiger partial charge in [0.1, 0.15) is 5.75 Å². The van der Waals surface area contributed by atoms with Gasteiger partial charge in [-0.3, -0.25) is 4.79 Å². The lowest BCUT2D eigenvalue weighted by molar-refractivity contribution is -0.115. The summed E-state index contributed by atoms with van der Waals surface area (Å²) in [4.78, 5) is 12.3. The highest BCUT2D eigenvalue weighted by Crippen LogP contribution is 2.29. The molecule has 2 aromatic rings. The van der Waals surface area contributed by atoms with E-state index in [0.29, 0.717) is 12.5 Å². The Kier molecular flexibility index (Phi) is 7.52. The van der Waals surface area contributed by atoms with E-state index in [-0.39, 0.29) is 11.2 Å². The van der Waals surface area contributed by atoms with Gasteiger partial charge in [0.2, 0.25) is 11.0 Å². The van der Waals surface area contributed by atoms with Crippen molar-refractivity contribution in [2.75, 3.05) is 23.8 Å². The van der Waals surface area contributed by atoms with Crippen LogP contribution in [0.3, 0.4) is 0 Å². The molecule has 0 radical (unpaired) electrons. The third kappa shape index (κ3) is 6.55. The van der Waals surface area contributed by atoms with Crippen molar-refractivity contribution in [1.82, 2.24) is 10.2 Å².